The lowest BCUT2D eigenvalue weighted by molar-refractivity contribution is 0.283. The van der Waals surface area contributed by atoms with Gasteiger partial charge in [-0.3, -0.25) is 0 Å². The molecule has 1 saturated heterocycles. The van der Waals surface area contributed by atoms with Crippen molar-refractivity contribution < 1.29 is 0 Å². The fourth-order valence-corrected chi connectivity index (χ4v) is 3.39. The second-order valence-electron chi connectivity index (χ2n) is 6.41. The predicted molar refractivity (Wildman–Crippen MR) is 96.2 cm³/mol. The molecule has 0 spiro atoms. The molecule has 0 bridgehead atoms. The molecule has 0 atom stereocenters. The molecule has 1 fully saturated rings. The fraction of sp³-hybridized carbons (Fsp3) is 0.444. The summed E-state index contributed by atoms with van der Waals surface area (Å²) in [5.74, 6) is 1.01. The Labute approximate surface area is 142 Å². The highest BCUT2D eigenvalue weighted by Gasteiger charge is 2.17. The highest BCUT2D eigenvalue weighted by molar-refractivity contribution is 5.77. The lowest BCUT2D eigenvalue weighted by atomic mass is 10.3. The summed E-state index contributed by atoms with van der Waals surface area (Å²) in [5.41, 5.74) is 2.17. The molecule has 4 rings (SSSR count). The molecule has 1 aromatic carbocycles. The number of H-pyrrole nitrogens is 1. The van der Waals surface area contributed by atoms with Crippen LogP contribution in [0.1, 0.15) is 12.8 Å². The Hall–Kier alpha value is -2.34. The van der Waals surface area contributed by atoms with Gasteiger partial charge in [-0.1, -0.05) is 12.1 Å². The highest BCUT2D eigenvalue weighted by atomic mass is 15.3. The standard InChI is InChI=1S/C18H24N6/c1-2-6-17-16(5-1)20-18(21-17)24-11-4-9-22(13-14-24)8-3-10-23-12-7-19-15-23/h1-2,5-7,12,15H,3-4,8-11,13-14H2,(H,20,21). The van der Waals surface area contributed by atoms with Crippen LogP contribution in [0, 0.1) is 0 Å². The Bertz CT molecular complexity index is 730. The smallest absolute Gasteiger partial charge is 0.203 e. The maximum atomic E-state index is 4.74. The molecule has 0 radical (unpaired) electrons. The van der Waals surface area contributed by atoms with Gasteiger partial charge in [-0.25, -0.2) is 9.97 Å². The number of benzene rings is 1. The maximum Gasteiger partial charge on any atom is 0.203 e. The quantitative estimate of drug-likeness (QED) is 0.783. The van der Waals surface area contributed by atoms with Gasteiger partial charge in [0, 0.05) is 38.6 Å². The summed E-state index contributed by atoms with van der Waals surface area (Å²) in [6, 6.07) is 8.24. The van der Waals surface area contributed by atoms with Gasteiger partial charge in [0.15, 0.2) is 0 Å². The van der Waals surface area contributed by atoms with E-state index in [0.29, 0.717) is 0 Å². The van der Waals surface area contributed by atoms with Crippen molar-refractivity contribution in [1.82, 2.24) is 24.4 Å². The Morgan fingerprint density at radius 2 is 2.00 bits per heavy atom. The molecule has 1 aliphatic heterocycles. The summed E-state index contributed by atoms with van der Waals surface area (Å²) in [6.07, 6.45) is 8.12. The van der Waals surface area contributed by atoms with Crippen molar-refractivity contribution in [3.63, 3.8) is 0 Å². The van der Waals surface area contributed by atoms with Gasteiger partial charge in [0.2, 0.25) is 5.95 Å². The first-order valence-electron chi connectivity index (χ1n) is 8.76. The number of hydrogen-bond acceptors (Lipinski definition) is 4. The van der Waals surface area contributed by atoms with Gasteiger partial charge in [-0.2, -0.15) is 0 Å². The van der Waals surface area contributed by atoms with E-state index in [-0.39, 0.29) is 0 Å². The van der Waals surface area contributed by atoms with Crippen LogP contribution < -0.4 is 4.90 Å². The third-order valence-corrected chi connectivity index (χ3v) is 4.71. The van der Waals surface area contributed by atoms with Gasteiger partial charge >= 0.3 is 0 Å². The average Bonchev–Trinajstić information content (AvgIpc) is 3.20. The number of imidazole rings is 2. The minimum Gasteiger partial charge on any atom is -0.341 e. The zero-order valence-corrected chi connectivity index (χ0v) is 13.9. The first-order valence-corrected chi connectivity index (χ1v) is 8.76. The third kappa shape index (κ3) is 3.43. The van der Waals surface area contributed by atoms with Crippen LogP contribution in [0.3, 0.4) is 0 Å². The molecule has 0 aliphatic carbocycles. The molecular weight excluding hydrogens is 300 g/mol. The third-order valence-electron chi connectivity index (χ3n) is 4.71. The van der Waals surface area contributed by atoms with Crippen molar-refractivity contribution in [1.29, 1.82) is 0 Å². The summed E-state index contributed by atoms with van der Waals surface area (Å²) in [6.45, 7) is 6.56. The number of aromatic nitrogens is 4. The van der Waals surface area contributed by atoms with Crippen LogP contribution in [0.4, 0.5) is 5.95 Å². The van der Waals surface area contributed by atoms with Crippen molar-refractivity contribution in [2.75, 3.05) is 37.6 Å². The molecule has 0 amide bonds. The monoisotopic (exact) mass is 324 g/mol. The summed E-state index contributed by atoms with van der Waals surface area (Å²) < 4.78 is 2.15. The van der Waals surface area contributed by atoms with Gasteiger partial charge in [-0.15, -0.1) is 0 Å². The second kappa shape index (κ2) is 7.05. The SMILES string of the molecule is c1ccc2[nH]c(N3CCCN(CCCn4ccnc4)CC3)nc2c1. The van der Waals surface area contributed by atoms with Crippen LogP contribution in [0.15, 0.2) is 43.0 Å². The van der Waals surface area contributed by atoms with E-state index in [9.17, 15) is 0 Å². The van der Waals surface area contributed by atoms with Crippen molar-refractivity contribution in [2.45, 2.75) is 19.4 Å². The molecule has 0 unspecified atom stereocenters. The van der Waals surface area contributed by atoms with Crippen molar-refractivity contribution >= 4 is 17.0 Å². The first kappa shape index (κ1) is 15.2. The predicted octanol–water partition coefficient (Wildman–Crippen LogP) is 2.36. The van der Waals surface area contributed by atoms with E-state index in [1.54, 1.807) is 0 Å². The normalized spacial score (nSPS) is 16.6. The number of nitrogens with one attached hydrogen (secondary N) is 1. The van der Waals surface area contributed by atoms with E-state index < -0.39 is 0 Å². The Morgan fingerprint density at radius 1 is 1.04 bits per heavy atom. The van der Waals surface area contributed by atoms with Crippen LogP contribution in [-0.4, -0.2) is 57.1 Å². The largest absolute Gasteiger partial charge is 0.341 e. The van der Waals surface area contributed by atoms with E-state index in [1.165, 1.54) is 19.4 Å². The molecule has 24 heavy (non-hydrogen) atoms. The first-order chi connectivity index (χ1) is 11.9. The van der Waals surface area contributed by atoms with Crippen LogP contribution in [0.5, 0.6) is 0 Å². The van der Waals surface area contributed by atoms with E-state index >= 15 is 0 Å². The molecular formula is C18H24N6. The molecule has 2 aromatic heterocycles. The number of rotatable bonds is 5. The number of anilines is 1. The van der Waals surface area contributed by atoms with E-state index in [1.807, 2.05) is 24.8 Å². The van der Waals surface area contributed by atoms with Gasteiger partial charge in [-0.05, 0) is 38.1 Å². The van der Waals surface area contributed by atoms with Gasteiger partial charge in [0.25, 0.3) is 0 Å². The maximum absolute atomic E-state index is 4.74. The fourth-order valence-electron chi connectivity index (χ4n) is 3.39. The van der Waals surface area contributed by atoms with Crippen molar-refractivity contribution in [2.24, 2.45) is 0 Å². The number of fused-ring (bicyclic) bond motifs is 1. The van der Waals surface area contributed by atoms with E-state index in [4.69, 9.17) is 4.98 Å². The molecule has 1 N–H and O–H groups in total. The van der Waals surface area contributed by atoms with Gasteiger partial charge in [0.1, 0.15) is 0 Å². The van der Waals surface area contributed by atoms with Crippen LogP contribution in [-0.2, 0) is 6.54 Å². The summed E-state index contributed by atoms with van der Waals surface area (Å²) >= 11 is 0. The number of aromatic amines is 1. The van der Waals surface area contributed by atoms with Crippen LogP contribution in [0.25, 0.3) is 11.0 Å². The van der Waals surface area contributed by atoms with E-state index in [2.05, 4.69) is 42.5 Å². The molecule has 6 heteroatoms. The minimum atomic E-state index is 1.01. The zero-order valence-electron chi connectivity index (χ0n) is 13.9. The molecule has 126 valence electrons. The molecule has 1 aliphatic rings. The Morgan fingerprint density at radius 3 is 2.88 bits per heavy atom. The van der Waals surface area contributed by atoms with Crippen LogP contribution >= 0.6 is 0 Å². The van der Waals surface area contributed by atoms with Crippen molar-refractivity contribution in [3.8, 4) is 0 Å². The van der Waals surface area contributed by atoms with Crippen LogP contribution in [0.2, 0.25) is 0 Å². The number of hydrogen-bond donors (Lipinski definition) is 1. The number of aryl methyl sites for hydroxylation is 1. The molecule has 3 heterocycles. The summed E-state index contributed by atoms with van der Waals surface area (Å²) in [4.78, 5) is 17.2. The molecule has 3 aromatic rings. The lowest BCUT2D eigenvalue weighted by Gasteiger charge is -2.21. The molecule has 6 nitrogen and oxygen atoms in total. The lowest BCUT2D eigenvalue weighted by Crippen LogP contribution is -2.32. The van der Waals surface area contributed by atoms with Crippen molar-refractivity contribution in [3.05, 3.63) is 43.0 Å². The average molecular weight is 324 g/mol. The topological polar surface area (TPSA) is 53.0 Å². The molecule has 0 saturated carbocycles. The minimum absolute atomic E-state index is 1.01. The summed E-state index contributed by atoms with van der Waals surface area (Å²) in [7, 11) is 0. The summed E-state index contributed by atoms with van der Waals surface area (Å²) in [5, 5.41) is 0. The highest BCUT2D eigenvalue weighted by Crippen LogP contribution is 2.18. The Balaban J connectivity index is 1.32. The number of nitrogens with zero attached hydrogens (tertiary/aromatic N) is 5. The number of para-hydroxylation sites is 2. The van der Waals surface area contributed by atoms with Gasteiger partial charge in [0.05, 0.1) is 17.4 Å². The van der Waals surface area contributed by atoms with Gasteiger partial charge < -0.3 is 19.4 Å². The second-order valence-corrected chi connectivity index (χ2v) is 6.41. The zero-order chi connectivity index (χ0) is 16.2. The Kier molecular flexibility index (Phi) is 4.46. The van der Waals surface area contributed by atoms with E-state index in [0.717, 1.165) is 49.7 Å².